The zero-order chi connectivity index (χ0) is 32.9. The number of carbonyl (C=O) groups is 1. The molecule has 2 bridgehead atoms. The number of fused-ring (bicyclic) bond motifs is 8. The van der Waals surface area contributed by atoms with Crippen LogP contribution in [0.25, 0.3) is 0 Å². The molecule has 0 fully saturated rings. The summed E-state index contributed by atoms with van der Waals surface area (Å²) in [6.07, 6.45) is 1.56. The molecule has 1 unspecified atom stereocenters. The van der Waals surface area contributed by atoms with Gasteiger partial charge in [0, 0.05) is 46.6 Å². The first-order valence-corrected chi connectivity index (χ1v) is 16.6. The lowest BCUT2D eigenvalue weighted by atomic mass is 9.72. The Kier molecular flexibility index (Phi) is 7.71. The molecule has 1 aromatic heterocycles. The van der Waals surface area contributed by atoms with Crippen LogP contribution in [0.4, 0.5) is 8.78 Å². The van der Waals surface area contributed by atoms with E-state index >= 15 is 8.78 Å². The molecule has 1 radical (unpaired) electrons. The van der Waals surface area contributed by atoms with Crippen molar-refractivity contribution in [3.8, 4) is 11.5 Å². The predicted octanol–water partition coefficient (Wildman–Crippen LogP) is 5.92. The summed E-state index contributed by atoms with van der Waals surface area (Å²) in [5.74, 6) is -1.99. The molecule has 11 heteroatoms. The van der Waals surface area contributed by atoms with Crippen LogP contribution in [0.5, 0.6) is 11.5 Å². The van der Waals surface area contributed by atoms with Crippen LogP contribution in [0.1, 0.15) is 49.9 Å². The molecule has 4 aromatic carbocycles. The number of aromatic nitrogens is 1. The first-order valence-electron chi connectivity index (χ1n) is 15.7. The fourth-order valence-electron chi connectivity index (χ4n) is 6.73. The van der Waals surface area contributed by atoms with E-state index in [1.165, 1.54) is 17.8 Å². The van der Waals surface area contributed by atoms with E-state index in [0.29, 0.717) is 5.56 Å². The molecule has 239 valence electrons. The number of pyridine rings is 1. The van der Waals surface area contributed by atoms with Crippen molar-refractivity contribution < 1.29 is 23.0 Å². The summed E-state index contributed by atoms with van der Waals surface area (Å²) < 4.78 is 45.4. The molecule has 0 spiro atoms. The molecule has 5 aromatic rings. The molecule has 0 saturated carbocycles. The first-order chi connectivity index (χ1) is 23.4. The van der Waals surface area contributed by atoms with Crippen molar-refractivity contribution in [1.29, 1.82) is 0 Å². The van der Waals surface area contributed by atoms with Gasteiger partial charge in [-0.15, -0.1) is 11.8 Å². The highest BCUT2D eigenvalue weighted by Gasteiger charge is 2.42. The van der Waals surface area contributed by atoms with Gasteiger partial charge in [0.25, 0.3) is 5.91 Å². The van der Waals surface area contributed by atoms with Crippen LogP contribution in [0.2, 0.25) is 6.82 Å². The summed E-state index contributed by atoms with van der Waals surface area (Å²) in [7, 11) is 1.97. The smallest absolute Gasteiger partial charge is 0.278 e. The Morgan fingerprint density at radius 1 is 0.979 bits per heavy atom. The van der Waals surface area contributed by atoms with E-state index in [1.54, 1.807) is 15.8 Å². The first kappa shape index (κ1) is 30.3. The lowest BCUT2D eigenvalue weighted by Gasteiger charge is -2.44. The highest BCUT2D eigenvalue weighted by atomic mass is 32.2. The van der Waals surface area contributed by atoms with Crippen molar-refractivity contribution >= 4 is 30.4 Å². The minimum atomic E-state index is -0.990. The van der Waals surface area contributed by atoms with Crippen LogP contribution in [-0.4, -0.2) is 29.4 Å². The fourth-order valence-corrected chi connectivity index (χ4v) is 7.83. The quantitative estimate of drug-likeness (QED) is 0.223. The molecule has 0 aliphatic carbocycles. The fraction of sp³-hybridized carbons (Fsp3) is 0.189. The van der Waals surface area contributed by atoms with E-state index in [1.807, 2.05) is 91.9 Å². The summed E-state index contributed by atoms with van der Waals surface area (Å²) in [4.78, 5) is 30.6. The largest absolute Gasteiger partial charge is 0.488 e. The van der Waals surface area contributed by atoms with Crippen LogP contribution >= 0.6 is 11.8 Å². The summed E-state index contributed by atoms with van der Waals surface area (Å²) in [5, 5.41) is 1.92. The monoisotopic (exact) mass is 660 g/mol. The van der Waals surface area contributed by atoms with Gasteiger partial charge in [0.05, 0.1) is 0 Å². The molecule has 1 amide bonds. The lowest BCUT2D eigenvalue weighted by molar-refractivity contribution is 0.0661. The highest BCUT2D eigenvalue weighted by molar-refractivity contribution is 7.98. The van der Waals surface area contributed by atoms with Crippen LogP contribution < -0.4 is 25.4 Å². The second kappa shape index (κ2) is 12.2. The minimum Gasteiger partial charge on any atom is -0.488 e. The molecule has 3 aliphatic rings. The highest BCUT2D eigenvalue weighted by Crippen LogP contribution is 2.48. The number of benzene rings is 4. The van der Waals surface area contributed by atoms with E-state index in [9.17, 15) is 9.59 Å². The van der Waals surface area contributed by atoms with Crippen molar-refractivity contribution in [1.82, 2.24) is 9.58 Å². The molecule has 7 nitrogen and oxygen atoms in total. The predicted molar refractivity (Wildman–Crippen MR) is 181 cm³/mol. The number of amides is 1. The third-order valence-corrected chi connectivity index (χ3v) is 10.2. The van der Waals surface area contributed by atoms with Gasteiger partial charge >= 0.3 is 0 Å². The van der Waals surface area contributed by atoms with Gasteiger partial charge in [-0.1, -0.05) is 79.0 Å². The maximum absolute atomic E-state index is 15.9. The topological polar surface area (TPSA) is 64.0 Å². The number of rotatable bonds is 4. The third-order valence-electron chi connectivity index (χ3n) is 9.13. The maximum atomic E-state index is 15.9. The summed E-state index contributed by atoms with van der Waals surface area (Å²) in [6, 6.07) is 24.8. The van der Waals surface area contributed by atoms with Crippen molar-refractivity contribution in [2.24, 2.45) is 0 Å². The minimum absolute atomic E-state index is 0.0599. The van der Waals surface area contributed by atoms with Gasteiger partial charge in [-0.2, -0.15) is 0 Å². The third kappa shape index (κ3) is 5.13. The number of ether oxygens (including phenoxy) is 2. The Morgan fingerprint density at radius 2 is 1.79 bits per heavy atom. The Bertz CT molecular complexity index is 2140. The van der Waals surface area contributed by atoms with Crippen molar-refractivity contribution in [3.05, 3.63) is 152 Å². The van der Waals surface area contributed by atoms with E-state index < -0.39 is 23.1 Å². The SMILES string of the molecule is C[B]c1ccc2c(c1)CN1CN(C3c4ccccc4SCc4c(F)c(F)cc(c43)OC2)n2ccc(=O)c(OCc3ccccc3)c2C1=O. The number of carbonyl (C=O) groups excluding carboxylic acids is 1. The van der Waals surface area contributed by atoms with Crippen LogP contribution in [0.3, 0.4) is 0 Å². The second-order valence-electron chi connectivity index (χ2n) is 12.0. The number of nitrogens with zero attached hydrogens (tertiary/aromatic N) is 3. The molecular formula is C37H29BF2N3O4S. The Morgan fingerprint density at radius 3 is 2.62 bits per heavy atom. The molecule has 4 heterocycles. The molecule has 0 saturated heterocycles. The number of hydrogen-bond acceptors (Lipinski definition) is 6. The normalized spacial score (nSPS) is 16.3. The van der Waals surface area contributed by atoms with Crippen LogP contribution in [-0.2, 0) is 25.5 Å². The van der Waals surface area contributed by atoms with Gasteiger partial charge in [-0.25, -0.2) is 8.78 Å². The Balaban J connectivity index is 1.40. The average molecular weight is 661 g/mol. The number of hydrogen-bond donors (Lipinski definition) is 0. The van der Waals surface area contributed by atoms with Gasteiger partial charge in [0.15, 0.2) is 23.1 Å². The van der Waals surface area contributed by atoms with E-state index in [2.05, 4.69) is 0 Å². The molecular weight excluding hydrogens is 631 g/mol. The lowest BCUT2D eigenvalue weighted by Crippen LogP contribution is -2.55. The Labute approximate surface area is 280 Å². The van der Waals surface area contributed by atoms with Gasteiger partial charge in [0.1, 0.15) is 39.0 Å². The summed E-state index contributed by atoms with van der Waals surface area (Å²) in [6.45, 7) is 2.37. The van der Waals surface area contributed by atoms with Crippen molar-refractivity contribution in [2.75, 3.05) is 11.7 Å². The summed E-state index contributed by atoms with van der Waals surface area (Å²) >= 11 is 1.42. The second-order valence-corrected chi connectivity index (χ2v) is 13.0. The molecule has 0 N–H and O–H groups in total. The van der Waals surface area contributed by atoms with Crippen molar-refractivity contribution in [3.63, 3.8) is 0 Å². The van der Waals surface area contributed by atoms with Crippen molar-refractivity contribution in [2.45, 2.75) is 43.3 Å². The van der Waals surface area contributed by atoms with Gasteiger partial charge in [-0.05, 0) is 28.3 Å². The van der Waals surface area contributed by atoms with Gasteiger partial charge < -0.3 is 14.4 Å². The van der Waals surface area contributed by atoms with E-state index in [0.717, 1.165) is 38.7 Å². The molecule has 1 atom stereocenters. The average Bonchev–Trinajstić information content (AvgIpc) is 3.29. The number of thioether (sulfide) groups is 1. The number of halogens is 2. The van der Waals surface area contributed by atoms with Crippen LogP contribution in [0, 0.1) is 11.6 Å². The zero-order valence-electron chi connectivity index (χ0n) is 26.0. The standard InChI is InChI=1S/C37H29BF2N3O4S/c1-38-25-12-11-23-19-46-30-16-28(39)33(40)27-20-48-31-10-6-5-9-26(31)34(32(27)30)43-21-41(17-24(23)15-25)37(45)35-36(29(44)13-14-42(35)43)47-18-22-7-3-2-4-8-22/h2-16,34H,17-21H2,1H3. The van der Waals surface area contributed by atoms with Crippen LogP contribution in [0.15, 0.2) is 101 Å². The maximum Gasteiger partial charge on any atom is 0.278 e. The zero-order valence-corrected chi connectivity index (χ0v) is 26.8. The Hall–Kier alpha value is -5.03. The molecule has 8 rings (SSSR count). The van der Waals surface area contributed by atoms with E-state index in [4.69, 9.17) is 9.47 Å². The van der Waals surface area contributed by atoms with E-state index in [-0.39, 0.29) is 60.8 Å². The van der Waals surface area contributed by atoms with Gasteiger partial charge in [-0.3, -0.25) is 19.3 Å². The molecule has 3 aliphatic heterocycles. The summed E-state index contributed by atoms with van der Waals surface area (Å²) in [5.41, 5.74) is 4.56. The molecule has 48 heavy (non-hydrogen) atoms. The van der Waals surface area contributed by atoms with Gasteiger partial charge in [0.2, 0.25) is 5.43 Å².